The lowest BCUT2D eigenvalue weighted by Gasteiger charge is -2.22. The maximum atomic E-state index is 12.7. The van der Waals surface area contributed by atoms with Crippen molar-refractivity contribution in [1.29, 1.82) is 0 Å². The number of aromatic nitrogens is 4. The normalized spacial score (nSPS) is 15.6. The summed E-state index contributed by atoms with van der Waals surface area (Å²) in [7, 11) is 0. The molecule has 3 heterocycles. The number of hydrogen-bond acceptors (Lipinski definition) is 6. The van der Waals surface area contributed by atoms with Crippen LogP contribution >= 0.6 is 11.8 Å². The van der Waals surface area contributed by atoms with Crippen molar-refractivity contribution in [2.45, 2.75) is 30.3 Å². The fraction of sp³-hybridized carbons (Fsp3) is 0.211. The molecule has 0 fully saturated rings. The summed E-state index contributed by atoms with van der Waals surface area (Å²) in [5.74, 6) is 0.804. The van der Waals surface area contributed by atoms with Crippen molar-refractivity contribution in [3.8, 4) is 0 Å². The zero-order valence-corrected chi connectivity index (χ0v) is 15.9. The fourth-order valence-electron chi connectivity index (χ4n) is 2.85. The highest BCUT2D eigenvalue weighted by molar-refractivity contribution is 7.98. The molecule has 2 N–H and O–H groups in total. The number of carbonyl (C=O) groups excluding carboxylic acids is 2. The van der Waals surface area contributed by atoms with E-state index in [1.165, 1.54) is 16.4 Å². The van der Waals surface area contributed by atoms with Gasteiger partial charge in [0, 0.05) is 11.4 Å². The Hall–Kier alpha value is -3.20. The maximum absolute atomic E-state index is 12.7. The van der Waals surface area contributed by atoms with Gasteiger partial charge in [-0.1, -0.05) is 48.2 Å². The predicted molar refractivity (Wildman–Crippen MR) is 106 cm³/mol. The Morgan fingerprint density at radius 2 is 2.04 bits per heavy atom. The van der Waals surface area contributed by atoms with Crippen molar-refractivity contribution in [1.82, 2.24) is 19.7 Å². The largest absolute Gasteiger partial charge is 0.309 e. The van der Waals surface area contributed by atoms with E-state index in [1.54, 1.807) is 6.07 Å². The lowest BCUT2D eigenvalue weighted by atomic mass is 10.1. The van der Waals surface area contributed by atoms with Gasteiger partial charge in [-0.3, -0.25) is 14.9 Å². The third kappa shape index (κ3) is 4.04. The summed E-state index contributed by atoms with van der Waals surface area (Å²) in [5, 5.41) is 10.4. The average molecular weight is 394 g/mol. The first-order chi connectivity index (χ1) is 13.6. The summed E-state index contributed by atoms with van der Waals surface area (Å²) in [6.07, 6.45) is -0.00317. The van der Waals surface area contributed by atoms with Gasteiger partial charge in [0.2, 0.25) is 17.0 Å². The molecule has 1 aliphatic rings. The van der Waals surface area contributed by atoms with Crippen LogP contribution in [0, 0.1) is 6.92 Å². The van der Waals surface area contributed by atoms with Crippen LogP contribution in [0.5, 0.6) is 0 Å². The van der Waals surface area contributed by atoms with E-state index in [2.05, 4.69) is 25.7 Å². The van der Waals surface area contributed by atoms with Crippen molar-refractivity contribution < 1.29 is 9.59 Å². The van der Waals surface area contributed by atoms with Gasteiger partial charge in [0.05, 0.1) is 6.42 Å². The third-order valence-electron chi connectivity index (χ3n) is 4.19. The van der Waals surface area contributed by atoms with Crippen molar-refractivity contribution in [2.24, 2.45) is 0 Å². The molecule has 0 radical (unpaired) electrons. The first-order valence-electron chi connectivity index (χ1n) is 8.76. The second-order valence-corrected chi connectivity index (χ2v) is 7.30. The van der Waals surface area contributed by atoms with Gasteiger partial charge in [-0.25, -0.2) is 9.67 Å². The van der Waals surface area contributed by atoms with E-state index < -0.39 is 6.04 Å². The molecule has 0 saturated carbocycles. The Balaban J connectivity index is 1.52. The Morgan fingerprint density at radius 3 is 2.82 bits per heavy atom. The standard InChI is InChI=1S/C19H18N6O2S/c1-12-6-5-9-15(20-12)21-17(27)14-10-16(26)22-18-23-19(24-25(14)18)28-11-13-7-3-2-4-8-13/h2-9,14H,10-11H2,1H3,(H,20,21,27)(H,22,23,24,26)/t14-/m0/s1. The summed E-state index contributed by atoms with van der Waals surface area (Å²) in [6, 6.07) is 14.5. The Labute approximate surface area is 165 Å². The van der Waals surface area contributed by atoms with Crippen molar-refractivity contribution in [3.05, 3.63) is 59.8 Å². The van der Waals surface area contributed by atoms with Gasteiger partial charge in [0.1, 0.15) is 11.9 Å². The monoisotopic (exact) mass is 394 g/mol. The number of hydrogen-bond donors (Lipinski definition) is 2. The van der Waals surface area contributed by atoms with Gasteiger partial charge in [0.15, 0.2) is 0 Å². The van der Waals surface area contributed by atoms with Crippen LogP contribution in [0.25, 0.3) is 0 Å². The minimum Gasteiger partial charge on any atom is -0.309 e. The number of amides is 2. The molecule has 1 aromatic carbocycles. The van der Waals surface area contributed by atoms with Crippen LogP contribution in [0.3, 0.4) is 0 Å². The maximum Gasteiger partial charge on any atom is 0.251 e. The van der Waals surface area contributed by atoms with E-state index >= 15 is 0 Å². The molecule has 2 aromatic heterocycles. The van der Waals surface area contributed by atoms with Crippen LogP contribution in [-0.4, -0.2) is 31.6 Å². The van der Waals surface area contributed by atoms with Crippen LogP contribution in [0.15, 0.2) is 53.7 Å². The van der Waals surface area contributed by atoms with Gasteiger partial charge in [-0.05, 0) is 24.6 Å². The summed E-state index contributed by atoms with van der Waals surface area (Å²) in [4.78, 5) is 33.4. The zero-order valence-electron chi connectivity index (χ0n) is 15.1. The number of rotatable bonds is 5. The number of benzene rings is 1. The number of aryl methyl sites for hydroxylation is 1. The topological polar surface area (TPSA) is 102 Å². The number of fused-ring (bicyclic) bond motifs is 1. The van der Waals surface area contributed by atoms with E-state index in [9.17, 15) is 9.59 Å². The number of nitrogens with one attached hydrogen (secondary N) is 2. The first-order valence-corrected chi connectivity index (χ1v) is 9.75. The summed E-state index contributed by atoms with van der Waals surface area (Å²) >= 11 is 1.45. The van der Waals surface area contributed by atoms with Crippen LogP contribution in [0.1, 0.15) is 23.7 Å². The molecule has 1 aliphatic heterocycles. The SMILES string of the molecule is Cc1cccc(NC(=O)[C@@H]2CC(=O)Nc3nc(SCc4ccccc4)nn32)n1. The number of anilines is 2. The van der Waals surface area contributed by atoms with Crippen molar-refractivity contribution in [2.75, 3.05) is 10.6 Å². The molecule has 0 bridgehead atoms. The predicted octanol–water partition coefficient (Wildman–Crippen LogP) is 2.80. The Kier molecular flexibility index (Phi) is 5.07. The van der Waals surface area contributed by atoms with Crippen LogP contribution < -0.4 is 10.6 Å². The van der Waals surface area contributed by atoms with Gasteiger partial charge in [0.25, 0.3) is 5.91 Å². The molecule has 1 atom stereocenters. The molecule has 2 amide bonds. The minimum absolute atomic E-state index is 0.00317. The molecular weight excluding hydrogens is 376 g/mol. The van der Waals surface area contributed by atoms with E-state index in [-0.39, 0.29) is 24.2 Å². The van der Waals surface area contributed by atoms with Crippen LogP contribution in [-0.2, 0) is 15.3 Å². The number of carbonyl (C=O) groups is 2. The number of nitrogens with zero attached hydrogens (tertiary/aromatic N) is 4. The number of pyridine rings is 1. The van der Waals surface area contributed by atoms with E-state index in [4.69, 9.17) is 0 Å². The minimum atomic E-state index is -0.773. The van der Waals surface area contributed by atoms with Gasteiger partial charge < -0.3 is 5.32 Å². The lowest BCUT2D eigenvalue weighted by molar-refractivity contribution is -0.125. The van der Waals surface area contributed by atoms with Crippen molar-refractivity contribution in [3.63, 3.8) is 0 Å². The van der Waals surface area contributed by atoms with Crippen LogP contribution in [0.2, 0.25) is 0 Å². The molecule has 0 aliphatic carbocycles. The smallest absolute Gasteiger partial charge is 0.251 e. The highest BCUT2D eigenvalue weighted by Gasteiger charge is 2.33. The van der Waals surface area contributed by atoms with Gasteiger partial charge in [-0.15, -0.1) is 5.10 Å². The van der Waals surface area contributed by atoms with E-state index in [0.29, 0.717) is 16.7 Å². The van der Waals surface area contributed by atoms with E-state index in [1.807, 2.05) is 49.4 Å². The highest BCUT2D eigenvalue weighted by Crippen LogP contribution is 2.28. The first kappa shape index (κ1) is 18.2. The third-order valence-corrected chi connectivity index (χ3v) is 5.10. The van der Waals surface area contributed by atoms with Crippen molar-refractivity contribution >= 4 is 35.3 Å². The second kappa shape index (κ2) is 7.81. The molecule has 28 heavy (non-hydrogen) atoms. The summed E-state index contributed by atoms with van der Waals surface area (Å²) < 4.78 is 1.47. The Morgan fingerprint density at radius 1 is 1.21 bits per heavy atom. The average Bonchev–Trinajstić information content (AvgIpc) is 3.09. The summed E-state index contributed by atoms with van der Waals surface area (Å²) in [5.41, 5.74) is 1.93. The van der Waals surface area contributed by atoms with Crippen LogP contribution in [0.4, 0.5) is 11.8 Å². The van der Waals surface area contributed by atoms with Gasteiger partial charge in [-0.2, -0.15) is 4.98 Å². The highest BCUT2D eigenvalue weighted by atomic mass is 32.2. The molecular formula is C19H18N6O2S. The molecule has 142 valence electrons. The molecule has 0 saturated heterocycles. The zero-order chi connectivity index (χ0) is 19.5. The fourth-order valence-corrected chi connectivity index (χ4v) is 3.64. The lowest BCUT2D eigenvalue weighted by Crippen LogP contribution is -2.36. The Bertz CT molecular complexity index is 1020. The quantitative estimate of drug-likeness (QED) is 0.645. The molecule has 3 aromatic rings. The molecule has 0 unspecified atom stereocenters. The molecule has 4 rings (SSSR count). The number of thioether (sulfide) groups is 1. The van der Waals surface area contributed by atoms with E-state index in [0.717, 1.165) is 11.3 Å². The van der Waals surface area contributed by atoms with Gasteiger partial charge >= 0.3 is 0 Å². The second-order valence-electron chi connectivity index (χ2n) is 6.36. The molecule has 9 heteroatoms. The molecule has 8 nitrogen and oxygen atoms in total. The molecule has 0 spiro atoms. The summed E-state index contributed by atoms with van der Waals surface area (Å²) in [6.45, 7) is 1.84.